The number of carboxylic acids is 1. The molecule has 7 heteroatoms. The number of hydrogen-bond donors (Lipinski definition) is 2. The van der Waals surface area contributed by atoms with E-state index >= 15 is 0 Å². The van der Waals surface area contributed by atoms with Crippen molar-refractivity contribution < 1.29 is 27.9 Å². The summed E-state index contributed by atoms with van der Waals surface area (Å²) in [7, 11) is 0. The molecule has 1 saturated heterocycles. The lowest BCUT2D eigenvalue weighted by Gasteiger charge is -2.37. The minimum absolute atomic E-state index is 0.125. The third kappa shape index (κ3) is 2.72. The van der Waals surface area contributed by atoms with Crippen LogP contribution in [0.1, 0.15) is 19.3 Å². The first-order valence-electron chi connectivity index (χ1n) is 4.82. The highest BCUT2D eigenvalue weighted by Crippen LogP contribution is 2.37. The number of ketones is 1. The minimum atomic E-state index is -5.08. The summed E-state index contributed by atoms with van der Waals surface area (Å²) in [6.07, 6.45) is -1.99. The fourth-order valence-corrected chi connectivity index (χ4v) is 1.79. The van der Waals surface area contributed by atoms with Crippen LogP contribution in [0.25, 0.3) is 0 Å². The molecule has 2 rings (SSSR count). The summed E-state index contributed by atoms with van der Waals surface area (Å²) in [6.45, 7) is 1.90. The maximum absolute atomic E-state index is 11.1. The van der Waals surface area contributed by atoms with Crippen molar-refractivity contribution in [3.8, 4) is 0 Å². The number of rotatable bonds is 0. The van der Waals surface area contributed by atoms with Gasteiger partial charge in [0.05, 0.1) is 5.41 Å². The lowest BCUT2D eigenvalue weighted by atomic mass is 9.79. The quantitative estimate of drug-likeness (QED) is 0.660. The van der Waals surface area contributed by atoms with E-state index in [9.17, 15) is 18.0 Å². The van der Waals surface area contributed by atoms with Crippen LogP contribution in [0, 0.1) is 5.41 Å². The molecule has 1 aliphatic carbocycles. The van der Waals surface area contributed by atoms with Crippen molar-refractivity contribution in [1.29, 1.82) is 0 Å². The van der Waals surface area contributed by atoms with Crippen LogP contribution in [0.5, 0.6) is 0 Å². The van der Waals surface area contributed by atoms with Crippen LogP contribution in [0.15, 0.2) is 0 Å². The van der Waals surface area contributed by atoms with Gasteiger partial charge >= 0.3 is 12.1 Å². The number of alkyl halides is 3. The number of carbonyl (C=O) groups excluding carboxylic acids is 1. The first-order chi connectivity index (χ1) is 7.28. The topological polar surface area (TPSA) is 66.4 Å². The van der Waals surface area contributed by atoms with E-state index in [4.69, 9.17) is 9.90 Å². The predicted octanol–water partition coefficient (Wildman–Crippen LogP) is 0.962. The number of carbonyl (C=O) groups is 2. The highest BCUT2D eigenvalue weighted by molar-refractivity contribution is 5.88. The van der Waals surface area contributed by atoms with Crippen LogP contribution < -0.4 is 5.32 Å². The molecule has 0 unspecified atom stereocenters. The van der Waals surface area contributed by atoms with Gasteiger partial charge in [0.1, 0.15) is 5.78 Å². The first-order valence-corrected chi connectivity index (χ1v) is 4.82. The Balaban J connectivity index is 0.000000168. The van der Waals surface area contributed by atoms with Crippen LogP contribution in [0.2, 0.25) is 0 Å². The second-order valence-electron chi connectivity index (χ2n) is 3.96. The van der Waals surface area contributed by atoms with E-state index in [0.717, 1.165) is 32.4 Å². The Morgan fingerprint density at radius 3 is 2.00 bits per heavy atom. The molecular weight excluding hydrogens is 227 g/mol. The summed E-state index contributed by atoms with van der Waals surface area (Å²) in [4.78, 5) is 20.0. The molecule has 2 fully saturated rings. The minimum Gasteiger partial charge on any atom is -0.475 e. The number of Topliss-reactive ketones (excluding diaryl/α,β-unsaturated/α-hetero) is 1. The molecule has 1 aliphatic heterocycles. The highest BCUT2D eigenvalue weighted by Gasteiger charge is 2.46. The predicted molar refractivity (Wildman–Crippen MR) is 47.9 cm³/mol. The van der Waals surface area contributed by atoms with Crippen molar-refractivity contribution in [2.24, 2.45) is 5.41 Å². The van der Waals surface area contributed by atoms with Crippen LogP contribution in [0.3, 0.4) is 0 Å². The second-order valence-corrected chi connectivity index (χ2v) is 3.96. The van der Waals surface area contributed by atoms with E-state index in [0.29, 0.717) is 5.78 Å². The first kappa shape index (κ1) is 13.0. The molecule has 1 heterocycles. The standard InChI is InChI=1S/C7H11NO.C2HF3O2/c9-6-2-1-3-7(6)4-8-5-7;3-2(4,5)1(6)7/h8H,1-5H2;(H,6,7). The van der Waals surface area contributed by atoms with Gasteiger partial charge in [-0.2, -0.15) is 13.2 Å². The smallest absolute Gasteiger partial charge is 0.475 e. The van der Waals surface area contributed by atoms with Gasteiger partial charge in [0.25, 0.3) is 0 Å². The molecule has 1 saturated carbocycles. The van der Waals surface area contributed by atoms with Gasteiger partial charge in [0.2, 0.25) is 0 Å². The van der Waals surface area contributed by atoms with Crippen LogP contribution in [-0.2, 0) is 9.59 Å². The lowest BCUT2D eigenvalue weighted by molar-refractivity contribution is -0.192. The molecule has 0 aromatic rings. The van der Waals surface area contributed by atoms with Gasteiger partial charge < -0.3 is 10.4 Å². The van der Waals surface area contributed by atoms with Gasteiger partial charge in [-0.3, -0.25) is 4.79 Å². The zero-order chi connectivity index (χ0) is 12.4. The van der Waals surface area contributed by atoms with Crippen molar-refractivity contribution in [2.75, 3.05) is 13.1 Å². The molecule has 2 N–H and O–H groups in total. The number of aliphatic carboxylic acids is 1. The molecule has 2 aliphatic rings. The number of hydrogen-bond acceptors (Lipinski definition) is 3. The van der Waals surface area contributed by atoms with Gasteiger partial charge in [0.15, 0.2) is 0 Å². The number of halogens is 3. The van der Waals surface area contributed by atoms with Gasteiger partial charge in [0, 0.05) is 19.5 Å². The lowest BCUT2D eigenvalue weighted by Crippen LogP contribution is -2.55. The third-order valence-electron chi connectivity index (χ3n) is 2.82. The Morgan fingerprint density at radius 1 is 1.38 bits per heavy atom. The largest absolute Gasteiger partial charge is 0.490 e. The third-order valence-corrected chi connectivity index (χ3v) is 2.82. The summed E-state index contributed by atoms with van der Waals surface area (Å²) in [6, 6.07) is 0. The van der Waals surface area contributed by atoms with E-state index in [1.165, 1.54) is 0 Å². The Hall–Kier alpha value is -1.11. The summed E-state index contributed by atoms with van der Waals surface area (Å²) in [5.41, 5.74) is 0.125. The number of nitrogens with one attached hydrogen (secondary N) is 1. The Labute approximate surface area is 89.8 Å². The average molecular weight is 239 g/mol. The van der Waals surface area contributed by atoms with Gasteiger partial charge in [-0.05, 0) is 12.8 Å². The maximum atomic E-state index is 11.1. The zero-order valence-electron chi connectivity index (χ0n) is 8.43. The van der Waals surface area contributed by atoms with Gasteiger partial charge in [-0.1, -0.05) is 0 Å². The van der Waals surface area contributed by atoms with Crippen LogP contribution in [-0.4, -0.2) is 36.1 Å². The van der Waals surface area contributed by atoms with Crippen LogP contribution in [0.4, 0.5) is 13.2 Å². The zero-order valence-corrected chi connectivity index (χ0v) is 8.43. The molecule has 4 nitrogen and oxygen atoms in total. The molecule has 0 amide bonds. The summed E-state index contributed by atoms with van der Waals surface area (Å²) >= 11 is 0. The molecule has 0 aromatic carbocycles. The normalized spacial score (nSPS) is 22.3. The molecule has 0 radical (unpaired) electrons. The van der Waals surface area contributed by atoms with E-state index < -0.39 is 12.1 Å². The fraction of sp³-hybridized carbons (Fsp3) is 0.778. The second kappa shape index (κ2) is 4.40. The SMILES string of the molecule is O=C(O)C(F)(F)F.O=C1CCCC12CNC2. The molecule has 0 aromatic heterocycles. The molecule has 92 valence electrons. The Bertz CT molecular complexity index is 297. The monoisotopic (exact) mass is 239 g/mol. The average Bonchev–Trinajstić information content (AvgIpc) is 2.45. The summed E-state index contributed by atoms with van der Waals surface area (Å²) < 4.78 is 31.7. The maximum Gasteiger partial charge on any atom is 0.490 e. The number of carboxylic acid groups (broad SMARTS) is 1. The summed E-state index contributed by atoms with van der Waals surface area (Å²) in [5.74, 6) is -2.26. The van der Waals surface area contributed by atoms with Gasteiger partial charge in [-0.15, -0.1) is 0 Å². The Morgan fingerprint density at radius 2 is 1.88 bits per heavy atom. The van der Waals surface area contributed by atoms with Crippen molar-refractivity contribution in [1.82, 2.24) is 5.32 Å². The summed E-state index contributed by atoms with van der Waals surface area (Å²) in [5, 5.41) is 10.3. The van der Waals surface area contributed by atoms with Crippen molar-refractivity contribution in [3.05, 3.63) is 0 Å². The van der Waals surface area contributed by atoms with Gasteiger partial charge in [-0.25, -0.2) is 4.79 Å². The molecule has 0 atom stereocenters. The Kier molecular flexibility index (Phi) is 3.57. The molecular formula is C9H12F3NO3. The van der Waals surface area contributed by atoms with Crippen LogP contribution >= 0.6 is 0 Å². The van der Waals surface area contributed by atoms with Crippen molar-refractivity contribution in [2.45, 2.75) is 25.4 Å². The molecule has 16 heavy (non-hydrogen) atoms. The fourth-order valence-electron chi connectivity index (χ4n) is 1.79. The van der Waals surface area contributed by atoms with E-state index in [-0.39, 0.29) is 5.41 Å². The van der Waals surface area contributed by atoms with E-state index in [1.807, 2.05) is 0 Å². The molecule has 1 spiro atoms. The highest BCUT2D eigenvalue weighted by atomic mass is 19.4. The van der Waals surface area contributed by atoms with Crippen molar-refractivity contribution >= 4 is 11.8 Å². The van der Waals surface area contributed by atoms with E-state index in [2.05, 4.69) is 5.32 Å². The molecule has 0 bridgehead atoms. The van der Waals surface area contributed by atoms with Crippen molar-refractivity contribution in [3.63, 3.8) is 0 Å². The van der Waals surface area contributed by atoms with E-state index in [1.54, 1.807) is 0 Å².